The van der Waals surface area contributed by atoms with E-state index in [4.69, 9.17) is 0 Å². The Morgan fingerprint density at radius 2 is 2.05 bits per heavy atom. The summed E-state index contributed by atoms with van der Waals surface area (Å²) >= 11 is 0. The van der Waals surface area contributed by atoms with Gasteiger partial charge in [0.2, 0.25) is 0 Å². The highest BCUT2D eigenvalue weighted by Crippen LogP contribution is 2.32. The average Bonchev–Trinajstić information content (AvgIpc) is 3.11. The lowest BCUT2D eigenvalue weighted by Gasteiger charge is -2.29. The minimum Gasteiger partial charge on any atom is -0.314 e. The van der Waals surface area contributed by atoms with Crippen LogP contribution in [0.25, 0.3) is 0 Å². The molecule has 2 nitrogen and oxygen atoms in total. The fourth-order valence-corrected chi connectivity index (χ4v) is 4.35. The van der Waals surface area contributed by atoms with Gasteiger partial charge in [0.25, 0.3) is 0 Å². The molecule has 2 fully saturated rings. The summed E-state index contributed by atoms with van der Waals surface area (Å²) in [7, 11) is 0. The summed E-state index contributed by atoms with van der Waals surface area (Å²) in [4.78, 5) is 0. The van der Waals surface area contributed by atoms with E-state index in [1.54, 1.807) is 0 Å². The van der Waals surface area contributed by atoms with Gasteiger partial charge in [-0.25, -0.2) is 0 Å². The van der Waals surface area contributed by atoms with Crippen LogP contribution in [0.1, 0.15) is 50.2 Å². The monoisotopic (exact) mass is 286 g/mol. The van der Waals surface area contributed by atoms with Gasteiger partial charge in [-0.05, 0) is 69.5 Å². The molecule has 1 aromatic rings. The van der Waals surface area contributed by atoms with Gasteiger partial charge in [0.15, 0.2) is 0 Å². The first-order valence-corrected chi connectivity index (χ1v) is 8.78. The number of benzene rings is 1. The molecule has 2 aliphatic rings. The molecule has 2 heteroatoms. The number of hydrogen-bond acceptors (Lipinski definition) is 2. The largest absolute Gasteiger partial charge is 0.314 e. The molecule has 0 aromatic heterocycles. The molecule has 0 amide bonds. The zero-order valence-electron chi connectivity index (χ0n) is 13.6. The molecule has 116 valence electrons. The zero-order valence-corrected chi connectivity index (χ0v) is 13.6. The van der Waals surface area contributed by atoms with Crippen LogP contribution in [0.3, 0.4) is 0 Å². The van der Waals surface area contributed by atoms with Crippen molar-refractivity contribution >= 4 is 0 Å². The van der Waals surface area contributed by atoms with Gasteiger partial charge in [0.05, 0.1) is 0 Å². The van der Waals surface area contributed by atoms with Crippen LogP contribution in [0.4, 0.5) is 0 Å². The van der Waals surface area contributed by atoms with Crippen molar-refractivity contribution in [3.8, 4) is 0 Å². The third-order valence-electron chi connectivity index (χ3n) is 5.47. The number of hydrogen-bond donors (Lipinski definition) is 2. The number of nitrogens with one attached hydrogen (secondary N) is 2. The van der Waals surface area contributed by atoms with Gasteiger partial charge in [-0.1, -0.05) is 30.7 Å². The van der Waals surface area contributed by atoms with E-state index >= 15 is 0 Å². The smallest absolute Gasteiger partial charge is 0.0113 e. The average molecular weight is 286 g/mol. The van der Waals surface area contributed by atoms with E-state index in [9.17, 15) is 0 Å². The van der Waals surface area contributed by atoms with Gasteiger partial charge in [0.1, 0.15) is 0 Å². The molecular weight excluding hydrogens is 256 g/mol. The molecule has 1 saturated heterocycles. The third-order valence-corrected chi connectivity index (χ3v) is 5.47. The molecule has 3 rings (SSSR count). The molecule has 4 unspecified atom stereocenters. The van der Waals surface area contributed by atoms with Crippen LogP contribution in [0.15, 0.2) is 24.3 Å². The van der Waals surface area contributed by atoms with E-state index in [1.165, 1.54) is 49.8 Å². The summed E-state index contributed by atoms with van der Waals surface area (Å²) in [5.74, 6) is 0.854. The summed E-state index contributed by atoms with van der Waals surface area (Å²) in [6.07, 6.45) is 8.07. The first-order chi connectivity index (χ1) is 10.2. The Morgan fingerprint density at radius 3 is 2.81 bits per heavy atom. The van der Waals surface area contributed by atoms with Crippen molar-refractivity contribution < 1.29 is 0 Å². The molecular formula is C19H30N2. The lowest BCUT2D eigenvalue weighted by Crippen LogP contribution is -2.45. The Balaban J connectivity index is 1.56. The Labute approximate surface area is 129 Å². The Bertz CT molecular complexity index is 451. The summed E-state index contributed by atoms with van der Waals surface area (Å²) < 4.78 is 0. The van der Waals surface area contributed by atoms with Crippen molar-refractivity contribution in [1.29, 1.82) is 0 Å². The second-order valence-corrected chi connectivity index (χ2v) is 7.10. The van der Waals surface area contributed by atoms with Gasteiger partial charge in [-0.2, -0.15) is 0 Å². The maximum atomic E-state index is 3.94. The Kier molecular flexibility index (Phi) is 4.97. The van der Waals surface area contributed by atoms with Crippen LogP contribution in [0.2, 0.25) is 0 Å². The molecule has 1 saturated carbocycles. The molecule has 2 N–H and O–H groups in total. The molecule has 0 bridgehead atoms. The van der Waals surface area contributed by atoms with Crippen LogP contribution in [0.5, 0.6) is 0 Å². The van der Waals surface area contributed by atoms with Crippen LogP contribution in [-0.2, 0) is 6.42 Å². The third kappa shape index (κ3) is 3.67. The highest BCUT2D eigenvalue weighted by atomic mass is 15.0. The van der Waals surface area contributed by atoms with Crippen molar-refractivity contribution in [2.75, 3.05) is 6.54 Å². The maximum absolute atomic E-state index is 3.94. The van der Waals surface area contributed by atoms with E-state index < -0.39 is 0 Å². The first kappa shape index (κ1) is 15.1. The fourth-order valence-electron chi connectivity index (χ4n) is 4.35. The quantitative estimate of drug-likeness (QED) is 0.866. The normalized spacial score (nSPS) is 30.7. The second kappa shape index (κ2) is 6.93. The van der Waals surface area contributed by atoms with Gasteiger partial charge in [-0.3, -0.25) is 0 Å². The van der Waals surface area contributed by atoms with E-state index in [0.29, 0.717) is 6.04 Å². The van der Waals surface area contributed by atoms with Gasteiger partial charge in [0, 0.05) is 18.1 Å². The molecule has 1 aliphatic heterocycles. The minimum absolute atomic E-state index is 0.568. The molecule has 4 atom stereocenters. The van der Waals surface area contributed by atoms with Crippen molar-refractivity contribution in [1.82, 2.24) is 10.6 Å². The lowest BCUT2D eigenvalue weighted by atomic mass is 9.92. The molecule has 1 aromatic carbocycles. The van der Waals surface area contributed by atoms with Crippen LogP contribution < -0.4 is 10.6 Å². The summed E-state index contributed by atoms with van der Waals surface area (Å²) in [6.45, 7) is 5.80. The fraction of sp³-hybridized carbons (Fsp3) is 0.684. The van der Waals surface area contributed by atoms with Crippen molar-refractivity contribution in [2.45, 2.75) is 70.5 Å². The van der Waals surface area contributed by atoms with Gasteiger partial charge >= 0.3 is 0 Å². The predicted molar refractivity (Wildman–Crippen MR) is 89.6 cm³/mol. The molecule has 1 aliphatic carbocycles. The van der Waals surface area contributed by atoms with Crippen molar-refractivity contribution in [2.24, 2.45) is 5.92 Å². The minimum atomic E-state index is 0.568. The molecule has 0 radical (unpaired) electrons. The topological polar surface area (TPSA) is 24.1 Å². The predicted octanol–water partition coefficient (Wildman–Crippen LogP) is 3.44. The summed E-state index contributed by atoms with van der Waals surface area (Å²) in [5.41, 5.74) is 2.91. The first-order valence-electron chi connectivity index (χ1n) is 8.78. The van der Waals surface area contributed by atoms with Crippen LogP contribution in [-0.4, -0.2) is 24.7 Å². The van der Waals surface area contributed by atoms with E-state index in [-0.39, 0.29) is 0 Å². The zero-order chi connectivity index (χ0) is 14.7. The standard InChI is InChI=1S/C19H30N2/c1-14-7-3-4-8-16(14)13-15(2)21-19-10-5-9-17(19)18-11-6-12-20-18/h3-4,7-8,15,17-21H,5-6,9-13H2,1-2H3. The van der Waals surface area contributed by atoms with Crippen molar-refractivity contribution in [3.05, 3.63) is 35.4 Å². The molecule has 1 heterocycles. The van der Waals surface area contributed by atoms with Crippen molar-refractivity contribution in [3.63, 3.8) is 0 Å². The number of aryl methyl sites for hydroxylation is 1. The Morgan fingerprint density at radius 1 is 1.19 bits per heavy atom. The summed E-state index contributed by atoms with van der Waals surface area (Å²) in [6, 6.07) is 10.9. The highest BCUT2D eigenvalue weighted by molar-refractivity contribution is 5.26. The van der Waals surface area contributed by atoms with Crippen LogP contribution >= 0.6 is 0 Å². The maximum Gasteiger partial charge on any atom is 0.0113 e. The molecule has 21 heavy (non-hydrogen) atoms. The highest BCUT2D eigenvalue weighted by Gasteiger charge is 2.35. The van der Waals surface area contributed by atoms with Gasteiger partial charge < -0.3 is 10.6 Å². The number of rotatable bonds is 5. The summed E-state index contributed by atoms with van der Waals surface area (Å²) in [5, 5.41) is 7.66. The van der Waals surface area contributed by atoms with E-state index in [0.717, 1.165) is 24.4 Å². The molecule has 0 spiro atoms. The van der Waals surface area contributed by atoms with E-state index in [2.05, 4.69) is 48.7 Å². The lowest BCUT2D eigenvalue weighted by molar-refractivity contribution is 0.301. The van der Waals surface area contributed by atoms with E-state index in [1.807, 2.05) is 0 Å². The van der Waals surface area contributed by atoms with Gasteiger partial charge in [-0.15, -0.1) is 0 Å². The van der Waals surface area contributed by atoms with Crippen LogP contribution in [0, 0.1) is 12.8 Å². The Hall–Kier alpha value is -0.860. The SMILES string of the molecule is Cc1ccccc1CC(C)NC1CCCC1C1CCCN1. The second-order valence-electron chi connectivity index (χ2n) is 7.10.